The second-order valence-corrected chi connectivity index (χ2v) is 1.53. The Labute approximate surface area is 120 Å². The van der Waals surface area contributed by atoms with Crippen LogP contribution in [0.5, 0.6) is 0 Å². The first-order valence-corrected chi connectivity index (χ1v) is 2.24. The van der Waals surface area contributed by atoms with Gasteiger partial charge in [0.2, 0.25) is 0 Å². The van der Waals surface area contributed by atoms with Crippen molar-refractivity contribution < 1.29 is 51.7 Å². The maximum Gasteiger partial charge on any atom is 2.00 e. The SMILES string of the molecule is O=C([O-])C(O)C(O)C(=O)[O-].[Sr+2].[Ti+2]. The van der Waals surface area contributed by atoms with E-state index >= 15 is 0 Å². The molecule has 2 unspecified atom stereocenters. The van der Waals surface area contributed by atoms with Gasteiger partial charge in [0.1, 0.15) is 12.2 Å². The van der Waals surface area contributed by atoms with Crippen LogP contribution in [-0.2, 0) is 31.3 Å². The van der Waals surface area contributed by atoms with E-state index in [1.807, 2.05) is 0 Å². The van der Waals surface area contributed by atoms with E-state index in [9.17, 15) is 19.8 Å². The van der Waals surface area contributed by atoms with Crippen LogP contribution < -0.4 is 10.2 Å². The molecule has 0 spiro atoms. The maximum atomic E-state index is 9.63. The third-order valence-electron chi connectivity index (χ3n) is 0.782. The van der Waals surface area contributed by atoms with Crippen molar-refractivity contribution in [1.29, 1.82) is 0 Å². The van der Waals surface area contributed by atoms with Gasteiger partial charge < -0.3 is 30.0 Å². The average Bonchev–Trinajstić information content (AvgIpc) is 1.84. The summed E-state index contributed by atoms with van der Waals surface area (Å²) in [6.45, 7) is 0. The quantitative estimate of drug-likeness (QED) is 0.500. The van der Waals surface area contributed by atoms with E-state index in [1.54, 1.807) is 0 Å². The van der Waals surface area contributed by atoms with Gasteiger partial charge in [-0.15, -0.1) is 0 Å². The molecule has 6 nitrogen and oxygen atoms in total. The average molecular weight is 284 g/mol. The summed E-state index contributed by atoms with van der Waals surface area (Å²) in [6.07, 6.45) is -4.88. The first-order chi connectivity index (χ1) is 4.46. The van der Waals surface area contributed by atoms with Crippen molar-refractivity contribution in [2.24, 2.45) is 0 Å². The van der Waals surface area contributed by atoms with Crippen LogP contribution in [0.2, 0.25) is 0 Å². The summed E-state index contributed by atoms with van der Waals surface area (Å²) in [6, 6.07) is 0. The summed E-state index contributed by atoms with van der Waals surface area (Å²) in [5.74, 6) is -4.12. The molecule has 0 fully saturated rings. The Morgan fingerprint density at radius 2 is 1.17 bits per heavy atom. The predicted octanol–water partition coefficient (Wildman–Crippen LogP) is -5.18. The summed E-state index contributed by atoms with van der Waals surface area (Å²) < 4.78 is 0. The van der Waals surface area contributed by atoms with Crippen molar-refractivity contribution in [1.82, 2.24) is 0 Å². The molecule has 2 N–H and O–H groups in total. The van der Waals surface area contributed by atoms with Crippen molar-refractivity contribution in [3.8, 4) is 0 Å². The topological polar surface area (TPSA) is 121 Å². The third-order valence-corrected chi connectivity index (χ3v) is 0.782. The van der Waals surface area contributed by atoms with Gasteiger partial charge in [-0.25, -0.2) is 0 Å². The molecule has 2 atom stereocenters. The Kier molecular flexibility index (Phi) is 13.5. The predicted molar refractivity (Wildman–Crippen MR) is 27.8 cm³/mol. The number of hydrogen-bond donors (Lipinski definition) is 2. The molecule has 0 rings (SSSR count). The summed E-state index contributed by atoms with van der Waals surface area (Å²) in [7, 11) is 0. The number of carboxylic acids is 2. The third kappa shape index (κ3) is 6.56. The number of hydrogen-bond acceptors (Lipinski definition) is 6. The van der Waals surface area contributed by atoms with Crippen molar-refractivity contribution in [3.05, 3.63) is 0 Å². The molecule has 0 aromatic heterocycles. The molecule has 0 aromatic rings. The van der Waals surface area contributed by atoms with E-state index in [4.69, 9.17) is 10.2 Å². The molecule has 0 aliphatic carbocycles. The van der Waals surface area contributed by atoms with Crippen LogP contribution in [0.1, 0.15) is 0 Å². The summed E-state index contributed by atoms with van der Waals surface area (Å²) in [4.78, 5) is 19.3. The fourth-order valence-electron chi connectivity index (χ4n) is 0.258. The zero-order valence-corrected chi connectivity index (χ0v) is 10.9. The maximum absolute atomic E-state index is 9.63. The molecule has 0 amide bonds. The zero-order chi connectivity index (χ0) is 8.31. The van der Waals surface area contributed by atoms with Gasteiger partial charge in [0, 0.05) is 0 Å². The van der Waals surface area contributed by atoms with E-state index in [0.717, 1.165) is 0 Å². The van der Waals surface area contributed by atoms with Gasteiger partial charge in [-0.2, -0.15) is 0 Å². The normalized spacial score (nSPS) is 13.2. The fraction of sp³-hybridized carbons (Fsp3) is 0.500. The van der Waals surface area contributed by atoms with Crippen LogP contribution in [0.25, 0.3) is 0 Å². The number of carboxylic acid groups (broad SMARTS) is 2. The van der Waals surface area contributed by atoms with E-state index < -0.39 is 24.1 Å². The molecule has 0 aromatic carbocycles. The van der Waals surface area contributed by atoms with Gasteiger partial charge >= 0.3 is 67.2 Å². The molecule has 12 heavy (non-hydrogen) atoms. The summed E-state index contributed by atoms with van der Waals surface area (Å²) >= 11 is 0. The second kappa shape index (κ2) is 8.64. The van der Waals surface area contributed by atoms with Gasteiger partial charge in [0.15, 0.2) is 0 Å². The molecule has 8 heteroatoms. The number of aliphatic carboxylic acids is 2. The van der Waals surface area contributed by atoms with Crippen LogP contribution in [0.15, 0.2) is 0 Å². The van der Waals surface area contributed by atoms with E-state index in [-0.39, 0.29) is 67.2 Å². The molecular formula is C4H4O6SrTi+2. The Morgan fingerprint density at radius 3 is 1.25 bits per heavy atom. The molecule has 0 aliphatic heterocycles. The molecule has 0 radical (unpaired) electrons. The van der Waals surface area contributed by atoms with E-state index in [0.29, 0.717) is 0 Å². The monoisotopic (exact) mass is 284 g/mol. The second-order valence-electron chi connectivity index (χ2n) is 1.53. The smallest absolute Gasteiger partial charge is 0.547 e. The number of aliphatic hydroxyl groups is 2. The van der Waals surface area contributed by atoms with Gasteiger partial charge in [0.05, 0.1) is 11.9 Å². The molecule has 0 heterocycles. The molecule has 0 saturated heterocycles. The molecule has 0 aliphatic rings. The Morgan fingerprint density at radius 1 is 1.00 bits per heavy atom. The molecular weight excluding hydrogens is 280 g/mol. The van der Waals surface area contributed by atoms with Gasteiger partial charge in [-0.1, -0.05) is 0 Å². The first kappa shape index (κ1) is 18.8. The van der Waals surface area contributed by atoms with E-state index in [1.165, 1.54) is 0 Å². The zero-order valence-electron chi connectivity index (χ0n) is 5.89. The van der Waals surface area contributed by atoms with Gasteiger partial charge in [-0.3, -0.25) is 0 Å². The number of carbonyl (C=O) groups is 2. The summed E-state index contributed by atoms with van der Waals surface area (Å²) in [5, 5.41) is 35.7. The van der Waals surface area contributed by atoms with Gasteiger partial charge in [-0.05, 0) is 0 Å². The van der Waals surface area contributed by atoms with Crippen LogP contribution in [0, 0.1) is 0 Å². The fourth-order valence-corrected chi connectivity index (χ4v) is 0.258. The molecule has 60 valence electrons. The standard InChI is InChI=1S/C4H6O6.Sr.Ti/c5-1(3(7)8)2(6)4(9)10;;/h1-2,5-6H,(H,7,8)(H,9,10);;/q;2*+2/p-2. The van der Waals surface area contributed by atoms with Gasteiger partial charge in [0.25, 0.3) is 0 Å². The van der Waals surface area contributed by atoms with Crippen LogP contribution in [0.4, 0.5) is 0 Å². The Hall–Kier alpha value is 1.05. The minimum absolute atomic E-state index is 0. The number of rotatable bonds is 3. The summed E-state index contributed by atoms with van der Waals surface area (Å²) in [5.41, 5.74) is 0. The van der Waals surface area contributed by atoms with Crippen LogP contribution >= 0.6 is 0 Å². The number of aliphatic hydroxyl groups excluding tert-OH is 2. The minimum Gasteiger partial charge on any atom is -0.547 e. The van der Waals surface area contributed by atoms with E-state index in [2.05, 4.69) is 0 Å². The van der Waals surface area contributed by atoms with Crippen molar-refractivity contribution in [2.75, 3.05) is 0 Å². The Balaban J connectivity index is -0.000000405. The Bertz CT molecular complexity index is 144. The number of carbonyl (C=O) groups excluding carboxylic acids is 2. The first-order valence-electron chi connectivity index (χ1n) is 2.24. The molecule has 0 saturated carbocycles. The van der Waals surface area contributed by atoms with Crippen molar-refractivity contribution >= 4 is 57.4 Å². The van der Waals surface area contributed by atoms with Crippen LogP contribution in [-0.4, -0.2) is 79.8 Å². The molecule has 0 bridgehead atoms. The largest absolute Gasteiger partial charge is 2.00 e. The van der Waals surface area contributed by atoms with Crippen molar-refractivity contribution in [2.45, 2.75) is 12.2 Å². The minimum atomic E-state index is -2.44. The van der Waals surface area contributed by atoms with Crippen molar-refractivity contribution in [3.63, 3.8) is 0 Å². The van der Waals surface area contributed by atoms with Crippen LogP contribution in [0.3, 0.4) is 0 Å².